The second-order valence-corrected chi connectivity index (χ2v) is 7.27. The lowest BCUT2D eigenvalue weighted by Gasteiger charge is -2.09. The molecule has 0 unspecified atom stereocenters. The molecule has 0 atom stereocenters. The van der Waals surface area contributed by atoms with Gasteiger partial charge >= 0.3 is 11.8 Å². The molecule has 0 aliphatic heterocycles. The molecule has 0 aliphatic carbocycles. The second-order valence-electron chi connectivity index (χ2n) is 6.46. The van der Waals surface area contributed by atoms with Crippen LogP contribution in [-0.4, -0.2) is 25.1 Å². The molecule has 0 spiro atoms. The molecule has 0 heterocycles. The fraction of sp³-hybridized carbons (Fsp3) is 0.0870. The zero-order valence-electron chi connectivity index (χ0n) is 17.0. The molecule has 0 aromatic heterocycles. The molecule has 164 valence electrons. The maximum atomic E-state index is 12.0. The minimum Gasteiger partial charge on any atom is -0.497 e. The zero-order valence-corrected chi connectivity index (χ0v) is 18.5. The number of hydrazone groups is 1. The van der Waals surface area contributed by atoms with Gasteiger partial charge in [0.2, 0.25) is 0 Å². The molecule has 7 nitrogen and oxygen atoms in total. The van der Waals surface area contributed by atoms with Gasteiger partial charge in [-0.1, -0.05) is 47.5 Å². The van der Waals surface area contributed by atoms with Crippen LogP contribution in [0.15, 0.2) is 71.8 Å². The van der Waals surface area contributed by atoms with E-state index in [9.17, 15) is 9.59 Å². The molecule has 3 aromatic carbocycles. The van der Waals surface area contributed by atoms with E-state index in [1.165, 1.54) is 13.3 Å². The Labute approximate surface area is 194 Å². The quantitative estimate of drug-likeness (QED) is 0.297. The monoisotopic (exact) mass is 471 g/mol. The number of carbonyl (C=O) groups excluding carboxylic acids is 2. The number of ether oxygens (including phenoxy) is 2. The largest absolute Gasteiger partial charge is 0.497 e. The van der Waals surface area contributed by atoms with Gasteiger partial charge in [0.15, 0.2) is 0 Å². The Hall–Kier alpha value is -3.55. The lowest BCUT2D eigenvalue weighted by atomic mass is 10.2. The van der Waals surface area contributed by atoms with Crippen LogP contribution in [0.3, 0.4) is 0 Å². The van der Waals surface area contributed by atoms with Crippen LogP contribution in [-0.2, 0) is 16.2 Å². The summed E-state index contributed by atoms with van der Waals surface area (Å²) >= 11 is 12.4. The van der Waals surface area contributed by atoms with Gasteiger partial charge in [0.25, 0.3) is 0 Å². The smallest absolute Gasteiger partial charge is 0.329 e. The van der Waals surface area contributed by atoms with Crippen LogP contribution in [0.5, 0.6) is 11.5 Å². The zero-order chi connectivity index (χ0) is 22.9. The molecule has 3 aromatic rings. The number of nitrogens with one attached hydrogen (secondary N) is 2. The van der Waals surface area contributed by atoms with Gasteiger partial charge in [-0.3, -0.25) is 9.59 Å². The molecule has 0 fully saturated rings. The summed E-state index contributed by atoms with van der Waals surface area (Å²) in [6.45, 7) is 0.269. The number of halogens is 2. The van der Waals surface area contributed by atoms with Crippen LogP contribution in [0.4, 0.5) is 5.69 Å². The van der Waals surface area contributed by atoms with Crippen molar-refractivity contribution in [1.82, 2.24) is 5.43 Å². The first-order valence-corrected chi connectivity index (χ1v) is 10.2. The molecule has 9 heteroatoms. The van der Waals surface area contributed by atoms with Gasteiger partial charge < -0.3 is 14.8 Å². The normalized spacial score (nSPS) is 10.6. The Balaban J connectivity index is 1.53. The highest BCUT2D eigenvalue weighted by molar-refractivity contribution is 6.39. The Morgan fingerprint density at radius 2 is 1.78 bits per heavy atom. The van der Waals surface area contributed by atoms with E-state index in [0.29, 0.717) is 32.8 Å². The first-order chi connectivity index (χ1) is 15.5. The molecular formula is C23H19Cl2N3O4. The van der Waals surface area contributed by atoms with Crippen LogP contribution < -0.4 is 20.2 Å². The van der Waals surface area contributed by atoms with Crippen LogP contribution in [0.2, 0.25) is 10.0 Å². The van der Waals surface area contributed by atoms with Gasteiger partial charge in [-0.2, -0.15) is 5.10 Å². The SMILES string of the molecule is COc1cccc(NC(=O)C(=O)N/N=C\c2ccc(OCc3ccccc3Cl)c(Cl)c2)c1. The Kier molecular flexibility index (Phi) is 8.08. The summed E-state index contributed by atoms with van der Waals surface area (Å²) in [5, 5.41) is 7.22. The van der Waals surface area contributed by atoms with Crippen LogP contribution in [0, 0.1) is 0 Å². The van der Waals surface area contributed by atoms with Crippen molar-refractivity contribution in [2.24, 2.45) is 5.10 Å². The summed E-state index contributed by atoms with van der Waals surface area (Å²) < 4.78 is 10.8. The Bertz CT molecular complexity index is 1150. The summed E-state index contributed by atoms with van der Waals surface area (Å²) in [7, 11) is 1.51. The van der Waals surface area contributed by atoms with Crippen molar-refractivity contribution in [1.29, 1.82) is 0 Å². The number of methoxy groups -OCH3 is 1. The minimum atomic E-state index is -0.921. The van der Waals surface area contributed by atoms with Gasteiger partial charge in [0, 0.05) is 22.3 Å². The van der Waals surface area contributed by atoms with E-state index >= 15 is 0 Å². The predicted molar refractivity (Wildman–Crippen MR) is 125 cm³/mol. The molecular weight excluding hydrogens is 453 g/mol. The number of carbonyl (C=O) groups is 2. The number of nitrogens with zero attached hydrogens (tertiary/aromatic N) is 1. The van der Waals surface area contributed by atoms with Gasteiger partial charge in [0.05, 0.1) is 18.3 Å². The fourth-order valence-electron chi connectivity index (χ4n) is 2.59. The summed E-state index contributed by atoms with van der Waals surface area (Å²) in [4.78, 5) is 23.9. The molecule has 3 rings (SSSR count). The number of rotatable bonds is 7. The molecule has 0 bridgehead atoms. The Morgan fingerprint density at radius 1 is 0.969 bits per heavy atom. The molecule has 0 radical (unpaired) electrons. The average molecular weight is 472 g/mol. The number of hydrogen-bond acceptors (Lipinski definition) is 5. The first-order valence-electron chi connectivity index (χ1n) is 9.40. The summed E-state index contributed by atoms with van der Waals surface area (Å²) in [5.74, 6) is -0.755. The molecule has 32 heavy (non-hydrogen) atoms. The van der Waals surface area contributed by atoms with Crippen molar-refractivity contribution in [3.05, 3.63) is 87.9 Å². The van der Waals surface area contributed by atoms with E-state index < -0.39 is 11.8 Å². The van der Waals surface area contributed by atoms with Crippen molar-refractivity contribution in [3.63, 3.8) is 0 Å². The second kappa shape index (κ2) is 11.2. The van der Waals surface area contributed by atoms with E-state index in [1.54, 1.807) is 48.5 Å². The first kappa shape index (κ1) is 23.1. The molecule has 2 amide bonds. The van der Waals surface area contributed by atoms with Crippen LogP contribution >= 0.6 is 23.2 Å². The van der Waals surface area contributed by atoms with E-state index in [4.69, 9.17) is 32.7 Å². The lowest BCUT2D eigenvalue weighted by Crippen LogP contribution is -2.32. The Morgan fingerprint density at radius 3 is 2.53 bits per heavy atom. The third-order valence-corrected chi connectivity index (χ3v) is 4.87. The number of amides is 2. The number of anilines is 1. The maximum absolute atomic E-state index is 12.0. The van der Waals surface area contributed by atoms with Crippen molar-refractivity contribution in [2.75, 3.05) is 12.4 Å². The van der Waals surface area contributed by atoms with E-state index in [1.807, 2.05) is 18.2 Å². The summed E-state index contributed by atoms with van der Waals surface area (Å²) in [6, 6.07) is 19.0. The maximum Gasteiger partial charge on any atom is 0.329 e. The van der Waals surface area contributed by atoms with Crippen molar-refractivity contribution in [2.45, 2.75) is 6.61 Å². The van der Waals surface area contributed by atoms with Crippen LogP contribution in [0.1, 0.15) is 11.1 Å². The average Bonchev–Trinajstić information content (AvgIpc) is 2.79. The fourth-order valence-corrected chi connectivity index (χ4v) is 3.02. The standard InChI is InChI=1S/C23H19Cl2N3O4/c1-31-18-7-4-6-17(12-18)27-22(29)23(30)28-26-13-15-9-10-21(20(25)11-15)32-14-16-5-2-3-8-19(16)24/h2-13H,14H2,1H3,(H,27,29)(H,28,30)/b26-13-. The van der Waals surface area contributed by atoms with E-state index in [0.717, 1.165) is 5.56 Å². The predicted octanol–water partition coefficient (Wildman–Crippen LogP) is 4.67. The minimum absolute atomic E-state index is 0.269. The topological polar surface area (TPSA) is 89.0 Å². The number of benzene rings is 3. The summed E-state index contributed by atoms with van der Waals surface area (Å²) in [6.07, 6.45) is 1.36. The molecule has 0 saturated carbocycles. The van der Waals surface area contributed by atoms with Gasteiger partial charge in [0.1, 0.15) is 18.1 Å². The van der Waals surface area contributed by atoms with Crippen molar-refractivity contribution >= 4 is 46.9 Å². The third kappa shape index (κ3) is 6.47. The van der Waals surface area contributed by atoms with Gasteiger partial charge in [-0.05, 0) is 42.0 Å². The molecule has 2 N–H and O–H groups in total. The van der Waals surface area contributed by atoms with Crippen LogP contribution in [0.25, 0.3) is 0 Å². The van der Waals surface area contributed by atoms with Gasteiger partial charge in [-0.25, -0.2) is 5.43 Å². The lowest BCUT2D eigenvalue weighted by molar-refractivity contribution is -0.136. The highest BCUT2D eigenvalue weighted by Crippen LogP contribution is 2.27. The highest BCUT2D eigenvalue weighted by Gasteiger charge is 2.13. The van der Waals surface area contributed by atoms with Crippen molar-refractivity contribution < 1.29 is 19.1 Å². The third-order valence-electron chi connectivity index (χ3n) is 4.21. The summed E-state index contributed by atoms with van der Waals surface area (Å²) in [5.41, 5.74) is 4.03. The number of hydrogen-bond donors (Lipinski definition) is 2. The van der Waals surface area contributed by atoms with Gasteiger partial charge in [-0.15, -0.1) is 0 Å². The molecule has 0 saturated heterocycles. The van der Waals surface area contributed by atoms with Crippen molar-refractivity contribution in [3.8, 4) is 11.5 Å². The highest BCUT2D eigenvalue weighted by atomic mass is 35.5. The van der Waals surface area contributed by atoms with E-state index in [2.05, 4.69) is 15.8 Å². The van der Waals surface area contributed by atoms with E-state index in [-0.39, 0.29) is 6.61 Å². The molecule has 0 aliphatic rings.